The number of pyridine rings is 1. The van der Waals surface area contributed by atoms with E-state index in [9.17, 15) is 0 Å². The molecule has 0 fully saturated rings. The highest BCUT2D eigenvalue weighted by atomic mass is 16.6. The van der Waals surface area contributed by atoms with Crippen LogP contribution in [0, 0.1) is 0 Å². The Bertz CT molecular complexity index is 539. The number of benzene rings is 1. The summed E-state index contributed by atoms with van der Waals surface area (Å²) in [7, 11) is 0. The Morgan fingerprint density at radius 1 is 1.12 bits per heavy atom. The third-order valence-corrected chi connectivity index (χ3v) is 2.57. The lowest BCUT2D eigenvalue weighted by Gasteiger charge is -2.18. The van der Waals surface area contributed by atoms with Crippen LogP contribution in [-0.4, -0.2) is 23.3 Å². The number of nitrogens with zero attached hydrogens (tertiary/aromatic N) is 1. The molecule has 0 radical (unpaired) electrons. The molecule has 1 aliphatic rings. The molecule has 0 amide bonds. The second-order valence-corrected chi connectivity index (χ2v) is 3.65. The van der Waals surface area contributed by atoms with Crippen molar-refractivity contribution in [1.82, 2.24) is 4.98 Å². The van der Waals surface area contributed by atoms with E-state index in [0.29, 0.717) is 18.9 Å². The number of rotatable bonds is 1. The minimum Gasteiger partial charge on any atom is -0.486 e. The zero-order valence-electron chi connectivity index (χ0n) is 8.64. The molecule has 1 aliphatic heterocycles. The summed E-state index contributed by atoms with van der Waals surface area (Å²) in [4.78, 5) is 4.32. The minimum absolute atomic E-state index is 0.0512. The van der Waals surface area contributed by atoms with E-state index in [-0.39, 0.29) is 6.61 Å². The van der Waals surface area contributed by atoms with Gasteiger partial charge in [0.1, 0.15) is 13.2 Å². The molecule has 0 bridgehead atoms. The second kappa shape index (κ2) is 3.64. The molecule has 2 aromatic rings. The molecular formula is C12H11NO3. The molecular weight excluding hydrogens is 206 g/mol. The van der Waals surface area contributed by atoms with Crippen molar-refractivity contribution >= 4 is 10.9 Å². The fourth-order valence-electron chi connectivity index (χ4n) is 1.79. The third kappa shape index (κ3) is 1.47. The molecule has 4 heteroatoms. The predicted molar refractivity (Wildman–Crippen MR) is 58.7 cm³/mol. The summed E-state index contributed by atoms with van der Waals surface area (Å²) in [5.41, 5.74) is 1.47. The largest absolute Gasteiger partial charge is 0.486 e. The molecule has 1 N–H and O–H groups in total. The van der Waals surface area contributed by atoms with E-state index in [1.807, 2.05) is 18.2 Å². The molecule has 3 rings (SSSR count). The van der Waals surface area contributed by atoms with Crippen LogP contribution in [0.5, 0.6) is 11.5 Å². The number of aliphatic hydroxyl groups excluding tert-OH is 1. The van der Waals surface area contributed by atoms with Gasteiger partial charge in [-0.3, -0.25) is 4.98 Å². The first kappa shape index (κ1) is 9.42. The van der Waals surface area contributed by atoms with Crippen molar-refractivity contribution in [2.45, 2.75) is 6.61 Å². The smallest absolute Gasteiger partial charge is 0.163 e. The molecule has 16 heavy (non-hydrogen) atoms. The first-order valence-corrected chi connectivity index (χ1v) is 5.17. The van der Waals surface area contributed by atoms with Gasteiger partial charge >= 0.3 is 0 Å². The van der Waals surface area contributed by atoms with Gasteiger partial charge in [0.05, 0.1) is 17.8 Å². The lowest BCUT2D eigenvalue weighted by Crippen LogP contribution is -2.15. The zero-order valence-corrected chi connectivity index (χ0v) is 8.64. The van der Waals surface area contributed by atoms with E-state index in [2.05, 4.69) is 4.98 Å². The van der Waals surface area contributed by atoms with E-state index in [1.54, 1.807) is 6.07 Å². The second-order valence-electron chi connectivity index (χ2n) is 3.65. The van der Waals surface area contributed by atoms with Gasteiger partial charge in [0.15, 0.2) is 11.5 Å². The minimum atomic E-state index is -0.0512. The first-order valence-electron chi connectivity index (χ1n) is 5.17. The average molecular weight is 217 g/mol. The normalized spacial score (nSPS) is 14.1. The highest BCUT2D eigenvalue weighted by molar-refractivity contribution is 5.82. The Morgan fingerprint density at radius 3 is 2.62 bits per heavy atom. The highest BCUT2D eigenvalue weighted by Crippen LogP contribution is 2.33. The quantitative estimate of drug-likeness (QED) is 0.786. The number of aromatic nitrogens is 1. The van der Waals surface area contributed by atoms with Crippen molar-refractivity contribution in [2.75, 3.05) is 13.2 Å². The molecule has 0 atom stereocenters. The summed E-state index contributed by atoms with van der Waals surface area (Å²) >= 11 is 0. The van der Waals surface area contributed by atoms with Crippen molar-refractivity contribution in [3.8, 4) is 11.5 Å². The van der Waals surface area contributed by atoms with Crippen LogP contribution in [0.4, 0.5) is 0 Å². The maximum Gasteiger partial charge on any atom is 0.163 e. The van der Waals surface area contributed by atoms with E-state index < -0.39 is 0 Å². The molecule has 1 aromatic carbocycles. The van der Waals surface area contributed by atoms with E-state index in [0.717, 1.165) is 22.4 Å². The topological polar surface area (TPSA) is 51.6 Å². The van der Waals surface area contributed by atoms with Gasteiger partial charge in [0.2, 0.25) is 0 Å². The van der Waals surface area contributed by atoms with Gasteiger partial charge in [-0.25, -0.2) is 0 Å². The standard InChI is InChI=1S/C12H11NO3/c14-7-9-2-1-8-5-11-12(6-10(8)13-9)16-4-3-15-11/h1-2,5-6,14H,3-4,7H2. The van der Waals surface area contributed by atoms with Crippen molar-refractivity contribution in [3.05, 3.63) is 30.0 Å². The Hall–Kier alpha value is -1.81. The Labute approximate surface area is 92.4 Å². The molecule has 0 spiro atoms. The average Bonchev–Trinajstić information content (AvgIpc) is 2.35. The molecule has 0 unspecified atom stereocenters. The Morgan fingerprint density at radius 2 is 1.88 bits per heavy atom. The van der Waals surface area contributed by atoms with Crippen LogP contribution in [0.1, 0.15) is 5.69 Å². The number of fused-ring (bicyclic) bond motifs is 2. The summed E-state index contributed by atoms with van der Waals surface area (Å²) < 4.78 is 11.0. The SMILES string of the molecule is OCc1ccc2cc3c(cc2n1)OCCO3. The van der Waals surface area contributed by atoms with Crippen molar-refractivity contribution in [3.63, 3.8) is 0 Å². The van der Waals surface area contributed by atoms with Crippen LogP contribution in [0.2, 0.25) is 0 Å². The first-order chi connectivity index (χ1) is 7.86. The van der Waals surface area contributed by atoms with Crippen LogP contribution in [0.3, 0.4) is 0 Å². The summed E-state index contributed by atoms with van der Waals surface area (Å²) in [6.45, 7) is 1.10. The summed E-state index contributed by atoms with van der Waals surface area (Å²) in [6, 6.07) is 7.49. The molecule has 1 aromatic heterocycles. The predicted octanol–water partition coefficient (Wildman–Crippen LogP) is 1.50. The molecule has 2 heterocycles. The van der Waals surface area contributed by atoms with Gasteiger partial charge < -0.3 is 14.6 Å². The van der Waals surface area contributed by atoms with Crippen molar-refractivity contribution in [2.24, 2.45) is 0 Å². The molecule has 0 aliphatic carbocycles. The fourth-order valence-corrected chi connectivity index (χ4v) is 1.79. The fraction of sp³-hybridized carbons (Fsp3) is 0.250. The van der Waals surface area contributed by atoms with E-state index in [4.69, 9.17) is 14.6 Å². The number of ether oxygens (including phenoxy) is 2. The molecule has 82 valence electrons. The highest BCUT2D eigenvalue weighted by Gasteiger charge is 2.13. The van der Waals surface area contributed by atoms with Gasteiger partial charge in [-0.2, -0.15) is 0 Å². The van der Waals surface area contributed by atoms with Gasteiger partial charge in [0, 0.05) is 11.5 Å². The number of aliphatic hydroxyl groups is 1. The maximum atomic E-state index is 9.02. The monoisotopic (exact) mass is 217 g/mol. The van der Waals surface area contributed by atoms with Crippen LogP contribution < -0.4 is 9.47 Å². The number of hydrogen-bond donors (Lipinski definition) is 1. The van der Waals surface area contributed by atoms with E-state index >= 15 is 0 Å². The van der Waals surface area contributed by atoms with Gasteiger partial charge in [-0.15, -0.1) is 0 Å². The van der Waals surface area contributed by atoms with Crippen LogP contribution >= 0.6 is 0 Å². The molecule has 0 saturated heterocycles. The molecule has 0 saturated carbocycles. The number of hydrogen-bond acceptors (Lipinski definition) is 4. The third-order valence-electron chi connectivity index (χ3n) is 2.57. The van der Waals surface area contributed by atoms with Crippen LogP contribution in [0.15, 0.2) is 24.3 Å². The van der Waals surface area contributed by atoms with Crippen LogP contribution in [0.25, 0.3) is 10.9 Å². The maximum absolute atomic E-state index is 9.02. The van der Waals surface area contributed by atoms with Crippen molar-refractivity contribution in [1.29, 1.82) is 0 Å². The lowest BCUT2D eigenvalue weighted by molar-refractivity contribution is 0.172. The van der Waals surface area contributed by atoms with E-state index in [1.165, 1.54) is 0 Å². The summed E-state index contributed by atoms with van der Waals surface area (Å²) in [5, 5.41) is 10.0. The Kier molecular flexibility index (Phi) is 2.15. The van der Waals surface area contributed by atoms with Gasteiger partial charge in [-0.1, -0.05) is 6.07 Å². The Balaban J connectivity index is 2.19. The summed E-state index contributed by atoms with van der Waals surface area (Å²) in [5.74, 6) is 1.48. The summed E-state index contributed by atoms with van der Waals surface area (Å²) in [6.07, 6.45) is 0. The zero-order chi connectivity index (χ0) is 11.0. The van der Waals surface area contributed by atoms with Crippen molar-refractivity contribution < 1.29 is 14.6 Å². The van der Waals surface area contributed by atoms with Gasteiger partial charge in [-0.05, 0) is 12.1 Å². The lowest BCUT2D eigenvalue weighted by atomic mass is 10.1. The van der Waals surface area contributed by atoms with Crippen LogP contribution in [-0.2, 0) is 6.61 Å². The van der Waals surface area contributed by atoms with Gasteiger partial charge in [0.25, 0.3) is 0 Å². The molecule has 4 nitrogen and oxygen atoms in total.